The summed E-state index contributed by atoms with van der Waals surface area (Å²) >= 11 is 0. The summed E-state index contributed by atoms with van der Waals surface area (Å²) in [6.45, 7) is 1.81. The average Bonchev–Trinajstić information content (AvgIpc) is 2.90. The van der Waals surface area contributed by atoms with Crippen molar-refractivity contribution in [3.63, 3.8) is 0 Å². The molecule has 1 aliphatic rings. The Bertz CT molecular complexity index is 714. The van der Waals surface area contributed by atoms with Crippen molar-refractivity contribution in [2.24, 2.45) is 0 Å². The summed E-state index contributed by atoms with van der Waals surface area (Å²) in [7, 11) is 0. The molecule has 1 aromatic heterocycles. The summed E-state index contributed by atoms with van der Waals surface area (Å²) < 4.78 is 5.83. The highest BCUT2D eigenvalue weighted by Gasteiger charge is 2.18. The molecule has 0 amide bonds. The number of benzene rings is 2. The van der Waals surface area contributed by atoms with Crippen LogP contribution in [0.4, 0.5) is 5.69 Å². The maximum absolute atomic E-state index is 5.83. The predicted octanol–water partition coefficient (Wildman–Crippen LogP) is 3.78. The molecule has 20 heavy (non-hydrogen) atoms. The zero-order chi connectivity index (χ0) is 13.4. The van der Waals surface area contributed by atoms with Gasteiger partial charge in [0.05, 0.1) is 6.54 Å². The molecule has 2 heterocycles. The average molecular weight is 264 g/mol. The van der Waals surface area contributed by atoms with Crippen LogP contribution in [0.5, 0.6) is 0 Å². The Morgan fingerprint density at radius 3 is 2.85 bits per heavy atom. The monoisotopic (exact) mass is 264 g/mol. The molecule has 4 rings (SSSR count). The minimum Gasteiger partial charge on any atom is -0.439 e. The fourth-order valence-electron chi connectivity index (χ4n) is 2.93. The van der Waals surface area contributed by atoms with E-state index in [1.54, 1.807) is 0 Å². The molecule has 100 valence electrons. The van der Waals surface area contributed by atoms with E-state index in [-0.39, 0.29) is 0 Å². The highest BCUT2D eigenvalue weighted by Crippen LogP contribution is 2.28. The van der Waals surface area contributed by atoms with Crippen molar-refractivity contribution < 1.29 is 4.42 Å². The summed E-state index contributed by atoms with van der Waals surface area (Å²) in [5.41, 5.74) is 4.55. The third kappa shape index (κ3) is 1.95. The molecule has 1 aliphatic heterocycles. The van der Waals surface area contributed by atoms with Gasteiger partial charge >= 0.3 is 0 Å². The number of oxazole rings is 1. The van der Waals surface area contributed by atoms with Gasteiger partial charge in [-0.15, -0.1) is 0 Å². The minimum absolute atomic E-state index is 0.742. The Kier molecular flexibility index (Phi) is 2.69. The van der Waals surface area contributed by atoms with E-state index in [1.165, 1.54) is 24.1 Å². The van der Waals surface area contributed by atoms with Crippen LogP contribution in [-0.2, 0) is 13.0 Å². The number of hydrogen-bond acceptors (Lipinski definition) is 3. The van der Waals surface area contributed by atoms with Crippen molar-refractivity contribution in [2.75, 3.05) is 11.4 Å². The first kappa shape index (κ1) is 11.5. The Balaban J connectivity index is 1.66. The summed E-state index contributed by atoms with van der Waals surface area (Å²) in [6.07, 6.45) is 2.36. The van der Waals surface area contributed by atoms with Gasteiger partial charge in [-0.25, -0.2) is 4.98 Å². The van der Waals surface area contributed by atoms with Crippen LogP contribution in [0.15, 0.2) is 52.9 Å². The number of nitrogens with zero attached hydrogens (tertiary/aromatic N) is 2. The number of aryl methyl sites for hydroxylation is 1. The van der Waals surface area contributed by atoms with E-state index in [0.29, 0.717) is 0 Å². The van der Waals surface area contributed by atoms with Gasteiger partial charge in [-0.05, 0) is 36.6 Å². The van der Waals surface area contributed by atoms with E-state index in [1.807, 2.05) is 24.3 Å². The highest BCUT2D eigenvalue weighted by molar-refractivity contribution is 5.72. The summed E-state index contributed by atoms with van der Waals surface area (Å²) in [4.78, 5) is 6.94. The van der Waals surface area contributed by atoms with Crippen molar-refractivity contribution in [2.45, 2.75) is 19.4 Å². The molecule has 0 spiro atoms. The first-order valence-corrected chi connectivity index (χ1v) is 7.07. The van der Waals surface area contributed by atoms with Crippen LogP contribution in [0.2, 0.25) is 0 Å². The van der Waals surface area contributed by atoms with Gasteiger partial charge < -0.3 is 9.32 Å². The first-order valence-electron chi connectivity index (χ1n) is 7.07. The smallest absolute Gasteiger partial charge is 0.215 e. The van der Waals surface area contributed by atoms with E-state index in [9.17, 15) is 0 Å². The fourth-order valence-corrected chi connectivity index (χ4v) is 2.93. The van der Waals surface area contributed by atoms with Gasteiger partial charge in [0.15, 0.2) is 5.58 Å². The van der Waals surface area contributed by atoms with Crippen molar-refractivity contribution in [3.8, 4) is 0 Å². The molecule has 3 nitrogen and oxygen atoms in total. The molecule has 0 aliphatic carbocycles. The van der Waals surface area contributed by atoms with Gasteiger partial charge in [0.2, 0.25) is 5.89 Å². The second-order valence-electron chi connectivity index (χ2n) is 5.23. The van der Waals surface area contributed by atoms with Crippen LogP contribution in [-0.4, -0.2) is 11.5 Å². The Morgan fingerprint density at radius 2 is 1.90 bits per heavy atom. The normalized spacial score (nSPS) is 14.5. The van der Waals surface area contributed by atoms with E-state index in [0.717, 1.165) is 30.1 Å². The zero-order valence-electron chi connectivity index (χ0n) is 11.2. The molecule has 0 fully saturated rings. The Hall–Kier alpha value is -2.29. The number of aromatic nitrogens is 1. The molecule has 3 heteroatoms. The third-order valence-electron chi connectivity index (χ3n) is 3.87. The van der Waals surface area contributed by atoms with Crippen LogP contribution in [0.3, 0.4) is 0 Å². The van der Waals surface area contributed by atoms with Gasteiger partial charge in [-0.1, -0.05) is 30.3 Å². The predicted molar refractivity (Wildman–Crippen MR) is 79.8 cm³/mol. The van der Waals surface area contributed by atoms with Crippen LogP contribution in [0.1, 0.15) is 17.9 Å². The van der Waals surface area contributed by atoms with E-state index >= 15 is 0 Å². The van der Waals surface area contributed by atoms with E-state index < -0.39 is 0 Å². The van der Waals surface area contributed by atoms with Gasteiger partial charge in [0.1, 0.15) is 5.52 Å². The number of anilines is 1. The van der Waals surface area contributed by atoms with Crippen molar-refractivity contribution in [1.29, 1.82) is 0 Å². The molecule has 0 unspecified atom stereocenters. The number of para-hydroxylation sites is 3. The lowest BCUT2D eigenvalue weighted by atomic mass is 10.0. The number of hydrogen-bond donors (Lipinski definition) is 0. The third-order valence-corrected chi connectivity index (χ3v) is 3.87. The van der Waals surface area contributed by atoms with Gasteiger partial charge in [0.25, 0.3) is 0 Å². The van der Waals surface area contributed by atoms with Crippen LogP contribution in [0, 0.1) is 0 Å². The van der Waals surface area contributed by atoms with E-state index in [2.05, 4.69) is 34.1 Å². The molecule has 0 N–H and O–H groups in total. The summed E-state index contributed by atoms with van der Waals surface area (Å²) in [5.74, 6) is 0.794. The lowest BCUT2D eigenvalue weighted by molar-refractivity contribution is 0.513. The lowest BCUT2D eigenvalue weighted by Crippen LogP contribution is -2.28. The second-order valence-corrected chi connectivity index (χ2v) is 5.23. The quantitative estimate of drug-likeness (QED) is 0.705. The van der Waals surface area contributed by atoms with Crippen LogP contribution in [0.25, 0.3) is 11.1 Å². The lowest BCUT2D eigenvalue weighted by Gasteiger charge is -2.30. The van der Waals surface area contributed by atoms with Gasteiger partial charge in [-0.2, -0.15) is 0 Å². The molecular formula is C17H16N2O. The molecule has 0 saturated heterocycles. The standard InChI is InChI=1S/C17H16N2O/c1-3-9-15-13(6-1)7-5-11-19(15)12-17-18-14-8-2-4-10-16(14)20-17/h1-4,6,8-10H,5,7,11-12H2. The fraction of sp³-hybridized carbons (Fsp3) is 0.235. The van der Waals surface area contributed by atoms with Crippen LogP contribution < -0.4 is 4.90 Å². The summed E-state index contributed by atoms with van der Waals surface area (Å²) in [5, 5.41) is 0. The van der Waals surface area contributed by atoms with Gasteiger partial charge in [0, 0.05) is 12.2 Å². The molecule has 0 bridgehead atoms. The molecule has 0 saturated carbocycles. The molecular weight excluding hydrogens is 248 g/mol. The Morgan fingerprint density at radius 1 is 1.05 bits per heavy atom. The molecule has 0 radical (unpaired) electrons. The maximum atomic E-state index is 5.83. The van der Waals surface area contributed by atoms with Crippen molar-refractivity contribution >= 4 is 16.8 Å². The largest absolute Gasteiger partial charge is 0.439 e. The zero-order valence-corrected chi connectivity index (χ0v) is 11.2. The first-order chi connectivity index (χ1) is 9.90. The SMILES string of the molecule is c1ccc2c(c1)CCCN2Cc1nc2ccccc2o1. The molecule has 0 atom stereocenters. The molecule has 2 aromatic carbocycles. The second kappa shape index (κ2) is 4.67. The Labute approximate surface area is 117 Å². The number of rotatable bonds is 2. The number of fused-ring (bicyclic) bond motifs is 2. The van der Waals surface area contributed by atoms with Crippen LogP contribution >= 0.6 is 0 Å². The minimum atomic E-state index is 0.742. The summed E-state index contributed by atoms with van der Waals surface area (Å²) in [6, 6.07) is 16.6. The van der Waals surface area contributed by atoms with Gasteiger partial charge in [-0.3, -0.25) is 0 Å². The van der Waals surface area contributed by atoms with Crippen molar-refractivity contribution in [1.82, 2.24) is 4.98 Å². The molecule has 3 aromatic rings. The van der Waals surface area contributed by atoms with Crippen molar-refractivity contribution in [3.05, 3.63) is 60.0 Å². The van der Waals surface area contributed by atoms with E-state index in [4.69, 9.17) is 4.42 Å². The maximum Gasteiger partial charge on any atom is 0.215 e. The topological polar surface area (TPSA) is 29.3 Å². The highest BCUT2D eigenvalue weighted by atomic mass is 16.3.